The first-order valence-electron chi connectivity index (χ1n) is 11.0. The van der Waals surface area contributed by atoms with E-state index in [-0.39, 0.29) is 24.3 Å². The second-order valence-electron chi connectivity index (χ2n) is 9.15. The zero-order chi connectivity index (χ0) is 24.4. The van der Waals surface area contributed by atoms with Crippen LogP contribution in [-0.2, 0) is 20.2 Å². The largest absolute Gasteiger partial charge is 0.454 e. The number of sulfone groups is 1. The Morgan fingerprint density at radius 1 is 1.18 bits per heavy atom. The second kappa shape index (κ2) is 7.59. The minimum atomic E-state index is -3.09. The van der Waals surface area contributed by atoms with E-state index in [2.05, 4.69) is 5.32 Å². The number of amides is 3. The van der Waals surface area contributed by atoms with Gasteiger partial charge in [-0.2, -0.15) is 0 Å². The van der Waals surface area contributed by atoms with Crippen LogP contribution in [0.25, 0.3) is 0 Å². The van der Waals surface area contributed by atoms with E-state index in [1.54, 1.807) is 38.1 Å². The average Bonchev–Trinajstić information content (AvgIpc) is 3.50. The molecule has 2 aromatic rings. The summed E-state index contributed by atoms with van der Waals surface area (Å²) < 4.78 is 36.4. The van der Waals surface area contributed by atoms with Crippen LogP contribution < -0.4 is 14.8 Å². The zero-order valence-electron chi connectivity index (χ0n) is 19.1. The van der Waals surface area contributed by atoms with Crippen molar-refractivity contribution in [3.05, 3.63) is 46.8 Å². The summed E-state index contributed by atoms with van der Waals surface area (Å²) in [4.78, 5) is 40.1. The maximum atomic E-state index is 13.3. The van der Waals surface area contributed by atoms with Crippen LogP contribution in [0.15, 0.2) is 24.3 Å². The molecule has 1 aromatic carbocycles. The summed E-state index contributed by atoms with van der Waals surface area (Å²) in [7, 11) is -3.09. The molecule has 10 nitrogen and oxygen atoms in total. The molecule has 2 atom stereocenters. The van der Waals surface area contributed by atoms with Gasteiger partial charge in [-0.3, -0.25) is 14.5 Å². The van der Waals surface area contributed by atoms with E-state index in [9.17, 15) is 22.8 Å². The molecule has 0 saturated carbocycles. The van der Waals surface area contributed by atoms with E-state index in [4.69, 9.17) is 9.47 Å². The molecule has 0 spiro atoms. The molecule has 3 aliphatic rings. The number of hydrogen-bond acceptors (Lipinski definition) is 7. The Hall–Kier alpha value is -3.34. The number of ether oxygens (including phenoxy) is 2. The van der Waals surface area contributed by atoms with Gasteiger partial charge in [0.15, 0.2) is 27.1 Å². The molecule has 5 rings (SSSR count). The summed E-state index contributed by atoms with van der Waals surface area (Å²) in [5.41, 5.74) is 0.943. The summed E-state index contributed by atoms with van der Waals surface area (Å²) in [6, 6.07) is 5.81. The number of nitrogens with one attached hydrogen (secondary N) is 1. The van der Waals surface area contributed by atoms with Crippen molar-refractivity contribution in [2.24, 2.45) is 0 Å². The van der Waals surface area contributed by atoms with E-state index in [0.29, 0.717) is 34.7 Å². The highest BCUT2D eigenvalue weighted by Gasteiger charge is 2.50. The number of aryl methyl sites for hydroxylation is 1. The molecule has 0 radical (unpaired) electrons. The Labute approximate surface area is 196 Å². The quantitative estimate of drug-likeness (QED) is 0.504. The lowest BCUT2D eigenvalue weighted by molar-refractivity contribution is -0.130. The van der Waals surface area contributed by atoms with Crippen LogP contribution in [0.2, 0.25) is 0 Å². The number of ketones is 1. The first kappa shape index (κ1) is 22.5. The van der Waals surface area contributed by atoms with Crippen molar-refractivity contribution in [3.63, 3.8) is 0 Å². The first-order valence-corrected chi connectivity index (χ1v) is 12.8. The molecule has 34 heavy (non-hydrogen) atoms. The number of aromatic nitrogens is 1. The van der Waals surface area contributed by atoms with E-state index < -0.39 is 39.6 Å². The third-order valence-electron chi connectivity index (χ3n) is 6.88. The summed E-state index contributed by atoms with van der Waals surface area (Å²) in [6.45, 7) is 4.83. The molecule has 0 bridgehead atoms. The number of benzene rings is 1. The van der Waals surface area contributed by atoms with Crippen molar-refractivity contribution in [3.8, 4) is 11.5 Å². The molecule has 2 unspecified atom stereocenters. The summed E-state index contributed by atoms with van der Waals surface area (Å²) in [5, 5.41) is 2.70. The summed E-state index contributed by atoms with van der Waals surface area (Å²) >= 11 is 0. The van der Waals surface area contributed by atoms with Crippen molar-refractivity contribution in [2.75, 3.05) is 24.8 Å². The van der Waals surface area contributed by atoms with Crippen LogP contribution in [0, 0.1) is 13.8 Å². The average molecular weight is 488 g/mol. The molecular formula is C23H25N3O7S. The lowest BCUT2D eigenvalue weighted by atomic mass is 9.91. The minimum Gasteiger partial charge on any atom is -0.454 e. The van der Waals surface area contributed by atoms with Crippen molar-refractivity contribution >= 4 is 27.6 Å². The Bertz CT molecular complexity index is 1350. The normalized spacial score (nSPS) is 25.1. The number of carbonyl (C=O) groups is 3. The third-order valence-corrected chi connectivity index (χ3v) is 8.64. The molecule has 3 amide bonds. The van der Waals surface area contributed by atoms with Crippen LogP contribution >= 0.6 is 0 Å². The number of carbonyl (C=O) groups excluding carboxylic acids is 3. The van der Waals surface area contributed by atoms with Gasteiger partial charge in [0.2, 0.25) is 6.79 Å². The van der Waals surface area contributed by atoms with Gasteiger partial charge in [0.1, 0.15) is 5.54 Å². The maximum absolute atomic E-state index is 13.3. The van der Waals surface area contributed by atoms with Gasteiger partial charge in [-0.25, -0.2) is 13.2 Å². The molecule has 11 heteroatoms. The number of rotatable bonds is 5. The predicted molar refractivity (Wildman–Crippen MR) is 121 cm³/mol. The number of Topliss-reactive ketones (excluding diaryl/α,β-unsaturated/α-hetero) is 1. The van der Waals surface area contributed by atoms with Gasteiger partial charge in [-0.05, 0) is 51.0 Å². The number of urea groups is 1. The molecular weight excluding hydrogens is 462 g/mol. The molecule has 4 heterocycles. The van der Waals surface area contributed by atoms with E-state index in [1.165, 1.54) is 0 Å². The van der Waals surface area contributed by atoms with E-state index in [0.717, 1.165) is 10.6 Å². The van der Waals surface area contributed by atoms with E-state index >= 15 is 0 Å². The van der Waals surface area contributed by atoms with Gasteiger partial charge in [0.05, 0.1) is 18.1 Å². The Kier molecular flexibility index (Phi) is 5.01. The number of fused-ring (bicyclic) bond motifs is 1. The highest BCUT2D eigenvalue weighted by atomic mass is 32.2. The monoisotopic (exact) mass is 487 g/mol. The van der Waals surface area contributed by atoms with Crippen LogP contribution in [0.1, 0.15) is 46.7 Å². The van der Waals surface area contributed by atoms with Gasteiger partial charge in [0, 0.05) is 23.0 Å². The Morgan fingerprint density at radius 3 is 2.62 bits per heavy atom. The maximum Gasteiger partial charge on any atom is 0.325 e. The van der Waals surface area contributed by atoms with Crippen LogP contribution in [0.3, 0.4) is 0 Å². The third kappa shape index (κ3) is 3.46. The highest BCUT2D eigenvalue weighted by molar-refractivity contribution is 7.91. The van der Waals surface area contributed by atoms with Gasteiger partial charge >= 0.3 is 6.03 Å². The van der Waals surface area contributed by atoms with Gasteiger partial charge in [-0.15, -0.1) is 0 Å². The van der Waals surface area contributed by atoms with Crippen molar-refractivity contribution < 1.29 is 32.3 Å². The van der Waals surface area contributed by atoms with Crippen LogP contribution in [0.5, 0.6) is 11.5 Å². The standard InChI is InChI=1S/C23H25N3O7S/c1-13-8-17(14(2)26(13)16-6-7-34(30,31)11-16)18(27)10-25-21(28)23(3,24-22(25)29)15-4-5-19-20(9-15)33-12-32-19/h4-5,8-9,16H,6-7,10-12H2,1-3H3,(H,24,29). The summed E-state index contributed by atoms with van der Waals surface area (Å²) in [6.07, 6.45) is 0.493. The number of imide groups is 1. The van der Waals surface area contributed by atoms with Crippen molar-refractivity contribution in [1.82, 2.24) is 14.8 Å². The van der Waals surface area contributed by atoms with E-state index in [1.807, 2.05) is 11.5 Å². The molecule has 1 N–H and O–H groups in total. The van der Waals surface area contributed by atoms with Gasteiger partial charge < -0.3 is 19.4 Å². The molecule has 0 aliphatic carbocycles. The fourth-order valence-corrected chi connectivity index (χ4v) is 6.77. The SMILES string of the molecule is Cc1cc(C(=O)CN2C(=O)NC(C)(c3ccc4c(c3)OCO4)C2=O)c(C)n1C1CCS(=O)(=O)C1. The number of nitrogens with zero attached hydrogens (tertiary/aromatic N) is 2. The Morgan fingerprint density at radius 2 is 1.91 bits per heavy atom. The van der Waals surface area contributed by atoms with Crippen molar-refractivity contribution in [2.45, 2.75) is 38.8 Å². The minimum absolute atomic E-state index is 0.0396. The van der Waals surface area contributed by atoms with Gasteiger partial charge in [0.25, 0.3) is 5.91 Å². The van der Waals surface area contributed by atoms with Crippen molar-refractivity contribution in [1.29, 1.82) is 0 Å². The van der Waals surface area contributed by atoms with Gasteiger partial charge in [-0.1, -0.05) is 6.07 Å². The fraction of sp³-hybridized carbons (Fsp3) is 0.435. The highest BCUT2D eigenvalue weighted by Crippen LogP contribution is 2.38. The topological polar surface area (TPSA) is 124 Å². The Balaban J connectivity index is 1.38. The smallest absolute Gasteiger partial charge is 0.325 e. The zero-order valence-corrected chi connectivity index (χ0v) is 19.9. The molecule has 2 fully saturated rings. The number of hydrogen-bond donors (Lipinski definition) is 1. The molecule has 1 aromatic heterocycles. The van der Waals surface area contributed by atoms with Crippen LogP contribution in [-0.4, -0.2) is 60.4 Å². The molecule has 3 aliphatic heterocycles. The molecule has 180 valence electrons. The lowest BCUT2D eigenvalue weighted by Crippen LogP contribution is -2.41. The first-order chi connectivity index (χ1) is 16.0. The lowest BCUT2D eigenvalue weighted by Gasteiger charge is -2.22. The summed E-state index contributed by atoms with van der Waals surface area (Å²) in [5.74, 6) is 0.272. The van der Waals surface area contributed by atoms with Crippen LogP contribution in [0.4, 0.5) is 4.79 Å². The molecule has 2 saturated heterocycles. The fourth-order valence-electron chi connectivity index (χ4n) is 5.07. The predicted octanol–water partition coefficient (Wildman–Crippen LogP) is 1.84. The second-order valence-corrected chi connectivity index (χ2v) is 11.4.